The van der Waals surface area contributed by atoms with Gasteiger partial charge in [0.2, 0.25) is 5.82 Å². The molecule has 0 saturated heterocycles. The molecule has 0 spiro atoms. The Hall–Kier alpha value is -4.32. The molecule has 0 atom stereocenters. The summed E-state index contributed by atoms with van der Waals surface area (Å²) in [7, 11) is 0. The fourth-order valence-electron chi connectivity index (χ4n) is 2.89. The first kappa shape index (κ1) is 20.0. The molecule has 4 aromatic rings. The minimum atomic E-state index is -3.44. The molecule has 7 nitrogen and oxygen atoms in total. The lowest BCUT2D eigenvalue weighted by Gasteiger charge is -2.15. The second-order valence-electron chi connectivity index (χ2n) is 6.48. The van der Waals surface area contributed by atoms with Crippen LogP contribution in [0.4, 0.5) is 14.5 Å². The van der Waals surface area contributed by atoms with Crippen LogP contribution in [0.3, 0.4) is 0 Å². The third-order valence-corrected chi connectivity index (χ3v) is 4.45. The number of halogens is 2. The van der Waals surface area contributed by atoms with Crippen molar-refractivity contribution in [3.8, 4) is 17.3 Å². The maximum Gasteiger partial charge on any atom is 0.333 e. The van der Waals surface area contributed by atoms with Crippen molar-refractivity contribution in [3.63, 3.8) is 0 Å². The number of hydrogen-bond acceptors (Lipinski definition) is 6. The number of nitriles is 1. The lowest BCUT2D eigenvalue weighted by molar-refractivity contribution is 0.0306. The normalized spacial score (nSPS) is 12.1. The molecule has 3 aromatic heterocycles. The topological polar surface area (TPSA) is 92.1 Å². The zero-order valence-electron chi connectivity index (χ0n) is 16.3. The van der Waals surface area contributed by atoms with Crippen LogP contribution in [0.15, 0.2) is 71.9 Å². The molecule has 0 radical (unpaired) electrons. The largest absolute Gasteiger partial charge is 0.333 e. The Morgan fingerprint density at radius 2 is 1.90 bits per heavy atom. The van der Waals surface area contributed by atoms with Gasteiger partial charge < -0.3 is 0 Å². The number of aromatic nitrogens is 5. The van der Waals surface area contributed by atoms with E-state index in [1.165, 1.54) is 36.5 Å². The van der Waals surface area contributed by atoms with Gasteiger partial charge in [-0.15, -0.1) is 10.2 Å². The van der Waals surface area contributed by atoms with Crippen LogP contribution in [0, 0.1) is 11.3 Å². The van der Waals surface area contributed by atoms with E-state index in [2.05, 4.69) is 25.3 Å². The van der Waals surface area contributed by atoms with Gasteiger partial charge in [-0.1, -0.05) is 18.2 Å². The molecule has 0 bridgehead atoms. The van der Waals surface area contributed by atoms with Crippen LogP contribution >= 0.6 is 0 Å². The minimum absolute atomic E-state index is 0.181. The molecular formula is C22H15F2N7. The molecule has 152 valence electrons. The summed E-state index contributed by atoms with van der Waals surface area (Å²) in [6, 6.07) is 13.9. The zero-order chi connectivity index (χ0) is 21.8. The summed E-state index contributed by atoms with van der Waals surface area (Å²) in [5.41, 5.74) is 1.63. The highest BCUT2D eigenvalue weighted by Gasteiger charge is 2.40. The van der Waals surface area contributed by atoms with Crippen molar-refractivity contribution >= 4 is 17.5 Å². The van der Waals surface area contributed by atoms with Gasteiger partial charge >= 0.3 is 5.92 Å². The van der Waals surface area contributed by atoms with Crippen molar-refractivity contribution < 1.29 is 8.78 Å². The van der Waals surface area contributed by atoms with Crippen molar-refractivity contribution in [2.24, 2.45) is 4.99 Å². The molecule has 0 saturated carbocycles. The summed E-state index contributed by atoms with van der Waals surface area (Å²) in [4.78, 5) is 8.07. The fraction of sp³-hybridized carbons (Fsp3) is 0.0909. The number of aliphatic imine (C=N–C) groups is 1. The summed E-state index contributed by atoms with van der Waals surface area (Å²) < 4.78 is 31.6. The van der Waals surface area contributed by atoms with Crippen molar-refractivity contribution in [1.82, 2.24) is 24.8 Å². The Morgan fingerprint density at radius 3 is 2.65 bits per heavy atom. The van der Waals surface area contributed by atoms with E-state index < -0.39 is 11.7 Å². The number of pyridine rings is 1. The average Bonchev–Trinajstić information content (AvgIpc) is 3.24. The number of nitrogens with zero attached hydrogens (tertiary/aromatic N) is 7. The molecule has 0 unspecified atom stereocenters. The molecule has 0 fully saturated rings. The summed E-state index contributed by atoms with van der Waals surface area (Å²) in [5, 5.41) is 20.8. The third kappa shape index (κ3) is 3.91. The maximum absolute atomic E-state index is 15.3. The fourth-order valence-corrected chi connectivity index (χ4v) is 2.89. The highest BCUT2D eigenvalue weighted by atomic mass is 19.3. The first-order valence-electron chi connectivity index (χ1n) is 9.26. The first-order chi connectivity index (χ1) is 15.0. The average molecular weight is 415 g/mol. The Kier molecular flexibility index (Phi) is 5.28. The quantitative estimate of drug-likeness (QED) is 0.448. The highest BCUT2D eigenvalue weighted by Crippen LogP contribution is 2.35. The number of alkyl halides is 2. The van der Waals surface area contributed by atoms with Crippen molar-refractivity contribution in [3.05, 3.63) is 84.0 Å². The van der Waals surface area contributed by atoms with Gasteiger partial charge in [-0.3, -0.25) is 4.99 Å². The predicted molar refractivity (Wildman–Crippen MR) is 111 cm³/mol. The monoisotopic (exact) mass is 415 g/mol. The first-order valence-corrected chi connectivity index (χ1v) is 9.26. The van der Waals surface area contributed by atoms with Crippen LogP contribution in [0.2, 0.25) is 0 Å². The van der Waals surface area contributed by atoms with Gasteiger partial charge in [0.15, 0.2) is 5.65 Å². The zero-order valence-corrected chi connectivity index (χ0v) is 16.3. The molecule has 0 N–H and O–H groups in total. The van der Waals surface area contributed by atoms with Crippen molar-refractivity contribution in [2.75, 3.05) is 0 Å². The summed E-state index contributed by atoms with van der Waals surface area (Å²) in [6.07, 6.45) is 6.61. The third-order valence-electron chi connectivity index (χ3n) is 4.45. The van der Waals surface area contributed by atoms with Gasteiger partial charge in [-0.05, 0) is 49.4 Å². The van der Waals surface area contributed by atoms with E-state index in [0.717, 1.165) is 4.52 Å². The Morgan fingerprint density at radius 1 is 1.10 bits per heavy atom. The van der Waals surface area contributed by atoms with Gasteiger partial charge in [0.05, 0.1) is 11.4 Å². The second kappa shape index (κ2) is 8.20. The molecule has 31 heavy (non-hydrogen) atoms. The van der Waals surface area contributed by atoms with Crippen LogP contribution in [0.1, 0.15) is 24.0 Å². The Balaban J connectivity index is 1.73. The number of rotatable bonds is 5. The predicted octanol–water partition coefficient (Wildman–Crippen LogP) is 4.48. The molecule has 1 aromatic carbocycles. The molecule has 0 aliphatic carbocycles. The van der Waals surface area contributed by atoms with Crippen LogP contribution < -0.4 is 0 Å². The highest BCUT2D eigenvalue weighted by molar-refractivity contribution is 5.74. The van der Waals surface area contributed by atoms with Gasteiger partial charge in [0, 0.05) is 23.5 Å². The number of hydrogen-bond donors (Lipinski definition) is 0. The summed E-state index contributed by atoms with van der Waals surface area (Å²) >= 11 is 0. The van der Waals surface area contributed by atoms with Gasteiger partial charge in [0.1, 0.15) is 11.8 Å². The van der Waals surface area contributed by atoms with Crippen molar-refractivity contribution in [2.45, 2.75) is 12.8 Å². The molecule has 0 amide bonds. The molecule has 3 heterocycles. The lowest BCUT2D eigenvalue weighted by atomic mass is 10.1. The minimum Gasteiger partial charge on any atom is -0.257 e. The lowest BCUT2D eigenvalue weighted by Crippen LogP contribution is -2.20. The summed E-state index contributed by atoms with van der Waals surface area (Å²) in [5.74, 6) is -4.05. The summed E-state index contributed by atoms with van der Waals surface area (Å²) in [6.45, 7) is 1.86. The molecule has 0 aliphatic heterocycles. The maximum atomic E-state index is 15.3. The number of benzene rings is 1. The smallest absolute Gasteiger partial charge is 0.257 e. The van der Waals surface area contributed by atoms with Crippen LogP contribution in [-0.4, -0.2) is 31.0 Å². The van der Waals surface area contributed by atoms with E-state index in [0.29, 0.717) is 16.9 Å². The van der Waals surface area contributed by atoms with E-state index in [4.69, 9.17) is 5.26 Å². The van der Waals surface area contributed by atoms with E-state index in [1.807, 2.05) is 19.1 Å². The number of fused-ring (bicyclic) bond motifs is 1. The van der Waals surface area contributed by atoms with Gasteiger partial charge in [0.25, 0.3) is 0 Å². The van der Waals surface area contributed by atoms with Crippen LogP contribution in [-0.2, 0) is 5.92 Å². The second-order valence-corrected chi connectivity index (χ2v) is 6.48. The van der Waals surface area contributed by atoms with Crippen LogP contribution in [0.5, 0.6) is 0 Å². The van der Waals surface area contributed by atoms with E-state index >= 15 is 8.78 Å². The molecule has 9 heteroatoms. The number of allylic oxidation sites excluding steroid dienone is 2. The van der Waals surface area contributed by atoms with Gasteiger partial charge in [-0.25, -0.2) is 4.98 Å². The SMILES string of the molecule is C/C=C\C=Nc1ccc(C(F)(F)c2nnc3ccc(-c4ccnc(C#N)c4)nn23)cc1. The van der Waals surface area contributed by atoms with Crippen molar-refractivity contribution in [1.29, 1.82) is 5.26 Å². The standard InChI is InChI=1S/C22H15F2N7/c1-2-3-11-26-17-6-4-16(5-7-17)22(23,24)21-29-28-20-9-8-19(30-31(20)21)15-10-12-27-18(13-15)14-25/h2-13H,1H3/b3-2-,26-11?. The molecular weight excluding hydrogens is 400 g/mol. The molecule has 4 rings (SSSR count). The molecule has 0 aliphatic rings. The van der Waals surface area contributed by atoms with Crippen LogP contribution in [0.25, 0.3) is 16.9 Å². The van der Waals surface area contributed by atoms with E-state index in [9.17, 15) is 0 Å². The van der Waals surface area contributed by atoms with Gasteiger partial charge in [-0.2, -0.15) is 23.7 Å². The van der Waals surface area contributed by atoms with E-state index in [1.54, 1.807) is 30.5 Å². The Bertz CT molecular complexity index is 1330. The Labute approximate surface area is 176 Å². The van der Waals surface area contributed by atoms with E-state index in [-0.39, 0.29) is 16.9 Å².